The molecule has 3 aliphatic rings. The molecule has 0 atom stereocenters. The maximum atomic E-state index is 12.2. The first-order valence-corrected chi connectivity index (χ1v) is 8.98. The predicted octanol–water partition coefficient (Wildman–Crippen LogP) is 2.17. The SMILES string of the molecule is O=COc1cc(OC(=O)C2CC2)c(OC(=O)C2CC2)c(OC(=O)C2CC2)c1. The van der Waals surface area contributed by atoms with Gasteiger partial charge in [-0.15, -0.1) is 0 Å². The molecule has 4 rings (SSSR count). The zero-order valence-corrected chi connectivity index (χ0v) is 14.5. The molecule has 0 saturated heterocycles. The minimum atomic E-state index is -0.480. The lowest BCUT2D eigenvalue weighted by Crippen LogP contribution is -2.17. The Hall–Kier alpha value is -2.90. The van der Waals surface area contributed by atoms with Crippen LogP contribution in [0.4, 0.5) is 0 Å². The highest BCUT2D eigenvalue weighted by atomic mass is 16.6. The first kappa shape index (κ1) is 17.5. The van der Waals surface area contributed by atoms with E-state index >= 15 is 0 Å². The van der Waals surface area contributed by atoms with Crippen molar-refractivity contribution in [1.29, 1.82) is 0 Å². The summed E-state index contributed by atoms with van der Waals surface area (Å²) in [4.78, 5) is 47.1. The van der Waals surface area contributed by atoms with E-state index in [1.54, 1.807) is 0 Å². The molecule has 0 bridgehead atoms. The summed E-state index contributed by atoms with van der Waals surface area (Å²) in [5.41, 5.74) is 0. The number of benzene rings is 1. The second kappa shape index (κ2) is 7.02. The van der Waals surface area contributed by atoms with Crippen molar-refractivity contribution >= 4 is 24.4 Å². The fourth-order valence-corrected chi connectivity index (χ4v) is 2.45. The second-order valence-electron chi connectivity index (χ2n) is 7.05. The molecule has 3 saturated carbocycles. The van der Waals surface area contributed by atoms with Crippen LogP contribution in [0, 0.1) is 17.8 Å². The van der Waals surface area contributed by atoms with Gasteiger partial charge < -0.3 is 18.9 Å². The van der Waals surface area contributed by atoms with Crippen molar-refractivity contribution in [2.75, 3.05) is 0 Å². The van der Waals surface area contributed by atoms with Crippen LogP contribution in [0.15, 0.2) is 12.1 Å². The summed E-state index contributed by atoms with van der Waals surface area (Å²) in [7, 11) is 0. The van der Waals surface area contributed by atoms with E-state index in [1.165, 1.54) is 12.1 Å². The lowest BCUT2D eigenvalue weighted by atomic mass is 10.2. The van der Waals surface area contributed by atoms with Gasteiger partial charge in [0.1, 0.15) is 5.75 Å². The van der Waals surface area contributed by atoms with Gasteiger partial charge in [0.2, 0.25) is 5.75 Å². The van der Waals surface area contributed by atoms with Crippen molar-refractivity contribution in [1.82, 2.24) is 0 Å². The Morgan fingerprint density at radius 1 is 0.741 bits per heavy atom. The van der Waals surface area contributed by atoms with Crippen molar-refractivity contribution in [3.05, 3.63) is 12.1 Å². The van der Waals surface area contributed by atoms with Crippen LogP contribution in [0.3, 0.4) is 0 Å². The minimum absolute atomic E-state index is 0.00779. The van der Waals surface area contributed by atoms with Crippen LogP contribution < -0.4 is 18.9 Å². The van der Waals surface area contributed by atoms with Crippen LogP contribution in [0.25, 0.3) is 0 Å². The van der Waals surface area contributed by atoms with E-state index in [9.17, 15) is 19.2 Å². The van der Waals surface area contributed by atoms with Crippen LogP contribution in [-0.2, 0) is 19.2 Å². The zero-order valence-electron chi connectivity index (χ0n) is 14.5. The van der Waals surface area contributed by atoms with Gasteiger partial charge in [0.05, 0.1) is 17.8 Å². The highest BCUT2D eigenvalue weighted by Crippen LogP contribution is 2.45. The molecule has 0 amide bonds. The number of rotatable bonds is 8. The quantitative estimate of drug-likeness (QED) is 0.387. The molecule has 8 heteroatoms. The predicted molar refractivity (Wildman–Crippen MR) is 88.2 cm³/mol. The summed E-state index contributed by atoms with van der Waals surface area (Å²) < 4.78 is 20.9. The van der Waals surface area contributed by atoms with Crippen molar-refractivity contribution in [2.45, 2.75) is 38.5 Å². The van der Waals surface area contributed by atoms with E-state index in [1.807, 2.05) is 0 Å². The van der Waals surface area contributed by atoms with Crippen LogP contribution in [-0.4, -0.2) is 24.4 Å². The average Bonchev–Trinajstić information content (AvgIpc) is 3.51. The largest absolute Gasteiger partial charge is 0.428 e. The van der Waals surface area contributed by atoms with Gasteiger partial charge >= 0.3 is 17.9 Å². The van der Waals surface area contributed by atoms with Gasteiger partial charge in [-0.05, 0) is 38.5 Å². The zero-order chi connectivity index (χ0) is 19.0. The van der Waals surface area contributed by atoms with E-state index in [2.05, 4.69) is 0 Å². The number of ether oxygens (including phenoxy) is 4. The normalized spacial score (nSPS) is 18.4. The van der Waals surface area contributed by atoms with E-state index in [0.717, 1.165) is 38.5 Å². The fourth-order valence-electron chi connectivity index (χ4n) is 2.45. The number of esters is 3. The maximum absolute atomic E-state index is 12.2. The highest BCUT2D eigenvalue weighted by molar-refractivity contribution is 5.84. The highest BCUT2D eigenvalue weighted by Gasteiger charge is 2.37. The summed E-state index contributed by atoms with van der Waals surface area (Å²) in [6.45, 7) is 0.199. The number of carbonyl (C=O) groups is 4. The molecule has 0 unspecified atom stereocenters. The van der Waals surface area contributed by atoms with E-state index in [-0.39, 0.29) is 47.2 Å². The van der Waals surface area contributed by atoms with Crippen molar-refractivity contribution in [2.24, 2.45) is 17.8 Å². The molecule has 0 N–H and O–H groups in total. The van der Waals surface area contributed by atoms with Gasteiger partial charge in [0.25, 0.3) is 6.47 Å². The second-order valence-corrected chi connectivity index (χ2v) is 7.05. The smallest absolute Gasteiger partial charge is 0.314 e. The Kier molecular flexibility index (Phi) is 4.55. The van der Waals surface area contributed by atoms with Crippen molar-refractivity contribution in [3.8, 4) is 23.0 Å². The molecule has 3 fully saturated rings. The Morgan fingerprint density at radius 2 is 1.15 bits per heavy atom. The average molecular weight is 374 g/mol. The van der Waals surface area contributed by atoms with E-state index < -0.39 is 17.9 Å². The molecule has 1 aromatic carbocycles. The third kappa shape index (κ3) is 4.27. The Bertz CT molecular complexity index is 755. The Morgan fingerprint density at radius 3 is 1.52 bits per heavy atom. The van der Waals surface area contributed by atoms with Crippen molar-refractivity contribution in [3.63, 3.8) is 0 Å². The lowest BCUT2D eigenvalue weighted by Gasteiger charge is -2.15. The van der Waals surface area contributed by atoms with Gasteiger partial charge in [-0.3, -0.25) is 19.2 Å². The van der Waals surface area contributed by atoms with Gasteiger partial charge in [-0.2, -0.15) is 0 Å². The molecule has 142 valence electrons. The number of hydrogen-bond acceptors (Lipinski definition) is 8. The molecule has 27 heavy (non-hydrogen) atoms. The number of carbonyl (C=O) groups excluding carboxylic acids is 4. The van der Waals surface area contributed by atoms with E-state index in [0.29, 0.717) is 0 Å². The third-order valence-corrected chi connectivity index (χ3v) is 4.53. The van der Waals surface area contributed by atoms with E-state index in [4.69, 9.17) is 18.9 Å². The first-order chi connectivity index (χ1) is 13.0. The fraction of sp³-hybridized carbons (Fsp3) is 0.474. The monoisotopic (exact) mass is 374 g/mol. The summed E-state index contributed by atoms with van der Waals surface area (Å²) >= 11 is 0. The molecule has 0 spiro atoms. The van der Waals surface area contributed by atoms with Crippen LogP contribution in [0.5, 0.6) is 23.0 Å². The minimum Gasteiger partial charge on any atom is -0.428 e. The third-order valence-electron chi connectivity index (χ3n) is 4.53. The number of hydrogen-bond donors (Lipinski definition) is 0. The van der Waals surface area contributed by atoms with Gasteiger partial charge in [0.15, 0.2) is 11.5 Å². The molecule has 0 heterocycles. The standard InChI is InChI=1S/C19H18O8/c20-9-24-13-7-14(25-17(21)10-1-2-10)16(27-19(23)12-5-6-12)15(8-13)26-18(22)11-3-4-11/h7-12H,1-6H2. The Balaban J connectivity index is 1.67. The molecule has 3 aliphatic carbocycles. The summed E-state index contributed by atoms with van der Waals surface area (Å²) in [5, 5.41) is 0. The molecular formula is C19H18O8. The van der Waals surface area contributed by atoms with Crippen molar-refractivity contribution < 1.29 is 38.1 Å². The maximum Gasteiger partial charge on any atom is 0.314 e. The van der Waals surface area contributed by atoms with Crippen LogP contribution in [0.2, 0.25) is 0 Å². The van der Waals surface area contributed by atoms with Gasteiger partial charge in [-0.1, -0.05) is 0 Å². The Labute approximate surface area is 154 Å². The molecule has 0 aromatic heterocycles. The summed E-state index contributed by atoms with van der Waals surface area (Å²) in [5.74, 6) is -2.40. The molecule has 0 radical (unpaired) electrons. The topological polar surface area (TPSA) is 105 Å². The first-order valence-electron chi connectivity index (χ1n) is 8.98. The summed E-state index contributed by atoms with van der Waals surface area (Å²) in [6, 6.07) is 2.53. The summed E-state index contributed by atoms with van der Waals surface area (Å²) in [6.07, 6.45) is 4.35. The lowest BCUT2D eigenvalue weighted by molar-refractivity contribution is -0.139. The van der Waals surface area contributed by atoms with Crippen LogP contribution in [0.1, 0.15) is 38.5 Å². The van der Waals surface area contributed by atoms with Gasteiger partial charge in [0, 0.05) is 12.1 Å². The van der Waals surface area contributed by atoms with Crippen LogP contribution >= 0.6 is 0 Å². The van der Waals surface area contributed by atoms with Gasteiger partial charge in [-0.25, -0.2) is 0 Å². The molecular weight excluding hydrogens is 356 g/mol. The molecule has 1 aromatic rings. The molecule has 8 nitrogen and oxygen atoms in total. The molecule has 0 aliphatic heterocycles.